The molecule has 2 rings (SSSR count). The topological polar surface area (TPSA) is 39.2 Å². The van der Waals surface area contributed by atoms with Crippen LogP contribution in [0, 0.1) is 0 Å². The Morgan fingerprint density at radius 1 is 0.923 bits per heavy atom. The maximum Gasteiger partial charge on any atom is 0.0902 e. The van der Waals surface area contributed by atoms with E-state index in [2.05, 4.69) is 4.42 Å². The highest BCUT2D eigenvalue weighted by atomic mass is 16.3. The van der Waals surface area contributed by atoms with E-state index in [1.54, 1.807) is 12.5 Å². The Morgan fingerprint density at radius 2 is 1.54 bits per heavy atom. The average Bonchev–Trinajstić information content (AvgIpc) is 2.77. The van der Waals surface area contributed by atoms with E-state index in [0.29, 0.717) is 6.54 Å². The highest BCUT2D eigenvalue weighted by Crippen LogP contribution is 1.94. The number of rotatable bonds is 1. The summed E-state index contributed by atoms with van der Waals surface area (Å²) < 4.78 is 4.58. The Kier molecular flexibility index (Phi) is 4.43. The van der Waals surface area contributed by atoms with Gasteiger partial charge in [0.15, 0.2) is 0 Å². The molecule has 0 spiro atoms. The fourth-order valence-electron chi connectivity index (χ4n) is 0.841. The minimum atomic E-state index is 0.640. The van der Waals surface area contributed by atoms with Gasteiger partial charge >= 0.3 is 0 Å². The largest absolute Gasteiger partial charge is 0.473 e. The number of nitrogens with two attached hydrogens (primary N) is 1. The first-order valence-corrected chi connectivity index (χ1v) is 4.14. The SMILES string of the molecule is NCc1ccccc1.c1ccoc1. The van der Waals surface area contributed by atoms with Crippen LogP contribution in [-0.4, -0.2) is 0 Å². The lowest BCUT2D eigenvalue weighted by Gasteiger charge is -1.90. The molecule has 0 unspecified atom stereocenters. The molecule has 0 aliphatic rings. The van der Waals surface area contributed by atoms with Crippen molar-refractivity contribution in [2.45, 2.75) is 6.54 Å². The highest BCUT2D eigenvalue weighted by Gasteiger charge is 1.80. The van der Waals surface area contributed by atoms with Crippen LogP contribution in [0.25, 0.3) is 0 Å². The van der Waals surface area contributed by atoms with Gasteiger partial charge in [0.25, 0.3) is 0 Å². The van der Waals surface area contributed by atoms with Crippen molar-refractivity contribution in [2.75, 3.05) is 0 Å². The van der Waals surface area contributed by atoms with Gasteiger partial charge in [0.2, 0.25) is 0 Å². The van der Waals surface area contributed by atoms with Crippen LogP contribution in [-0.2, 0) is 6.54 Å². The molecule has 1 aromatic carbocycles. The smallest absolute Gasteiger partial charge is 0.0902 e. The third kappa shape index (κ3) is 4.13. The molecule has 0 saturated heterocycles. The average molecular weight is 175 g/mol. The second-order valence-corrected chi connectivity index (χ2v) is 2.48. The minimum absolute atomic E-state index is 0.640. The Hall–Kier alpha value is -1.54. The summed E-state index contributed by atoms with van der Waals surface area (Å²) in [5, 5.41) is 0. The van der Waals surface area contributed by atoms with Crippen LogP contribution in [0.1, 0.15) is 5.56 Å². The summed E-state index contributed by atoms with van der Waals surface area (Å²) in [6, 6.07) is 13.7. The minimum Gasteiger partial charge on any atom is -0.473 e. The highest BCUT2D eigenvalue weighted by molar-refractivity contribution is 5.13. The van der Waals surface area contributed by atoms with Crippen LogP contribution >= 0.6 is 0 Å². The fourth-order valence-corrected chi connectivity index (χ4v) is 0.841. The monoisotopic (exact) mass is 175 g/mol. The molecule has 2 nitrogen and oxygen atoms in total. The lowest BCUT2D eigenvalue weighted by Crippen LogP contribution is -1.94. The van der Waals surface area contributed by atoms with E-state index >= 15 is 0 Å². The zero-order chi connectivity index (χ0) is 9.36. The van der Waals surface area contributed by atoms with Gasteiger partial charge in [0, 0.05) is 6.54 Å². The molecule has 0 bridgehead atoms. The van der Waals surface area contributed by atoms with Gasteiger partial charge in [0.05, 0.1) is 12.5 Å². The van der Waals surface area contributed by atoms with Crippen LogP contribution in [0.3, 0.4) is 0 Å². The molecular formula is C11H13NO. The summed E-state index contributed by atoms with van der Waals surface area (Å²) in [5.41, 5.74) is 6.54. The van der Waals surface area contributed by atoms with Gasteiger partial charge in [-0.3, -0.25) is 0 Å². The third-order valence-corrected chi connectivity index (χ3v) is 1.50. The molecule has 0 radical (unpaired) electrons. The van der Waals surface area contributed by atoms with Gasteiger partial charge in [-0.1, -0.05) is 30.3 Å². The Balaban J connectivity index is 0.000000145. The maximum absolute atomic E-state index is 5.35. The van der Waals surface area contributed by atoms with E-state index in [1.165, 1.54) is 5.56 Å². The lowest BCUT2D eigenvalue weighted by atomic mass is 10.2. The zero-order valence-corrected chi connectivity index (χ0v) is 7.39. The summed E-state index contributed by atoms with van der Waals surface area (Å²) in [6.45, 7) is 0.640. The first kappa shape index (κ1) is 9.55. The standard InChI is InChI=1S/C7H9N.C4H4O/c8-6-7-4-2-1-3-5-7;1-2-4-5-3-1/h1-5H,6,8H2;1-4H. The molecule has 13 heavy (non-hydrogen) atoms. The van der Waals surface area contributed by atoms with Gasteiger partial charge in [0.1, 0.15) is 0 Å². The van der Waals surface area contributed by atoms with Crippen LogP contribution in [0.4, 0.5) is 0 Å². The molecule has 2 aromatic rings. The Bertz CT molecular complexity index is 272. The molecule has 0 aliphatic carbocycles. The van der Waals surface area contributed by atoms with Crippen LogP contribution in [0.5, 0.6) is 0 Å². The van der Waals surface area contributed by atoms with Crippen molar-refractivity contribution < 1.29 is 4.42 Å². The normalized spacial score (nSPS) is 8.69. The van der Waals surface area contributed by atoms with Gasteiger partial charge in [-0.05, 0) is 17.7 Å². The molecule has 1 aromatic heterocycles. The van der Waals surface area contributed by atoms with Crippen molar-refractivity contribution in [3.8, 4) is 0 Å². The quantitative estimate of drug-likeness (QED) is 0.723. The first-order valence-electron chi connectivity index (χ1n) is 4.14. The van der Waals surface area contributed by atoms with Crippen LogP contribution < -0.4 is 5.73 Å². The van der Waals surface area contributed by atoms with E-state index in [-0.39, 0.29) is 0 Å². The molecular weight excluding hydrogens is 162 g/mol. The van der Waals surface area contributed by atoms with Crippen molar-refractivity contribution in [1.82, 2.24) is 0 Å². The van der Waals surface area contributed by atoms with E-state index < -0.39 is 0 Å². The fraction of sp³-hybridized carbons (Fsp3) is 0.0909. The Labute approximate surface area is 78.0 Å². The summed E-state index contributed by atoms with van der Waals surface area (Å²) in [5.74, 6) is 0. The van der Waals surface area contributed by atoms with Crippen LogP contribution in [0.15, 0.2) is 59.4 Å². The molecule has 0 amide bonds. The second kappa shape index (κ2) is 6.03. The lowest BCUT2D eigenvalue weighted by molar-refractivity contribution is 0.567. The van der Waals surface area contributed by atoms with Crippen molar-refractivity contribution >= 4 is 0 Å². The van der Waals surface area contributed by atoms with E-state index in [0.717, 1.165) is 0 Å². The second-order valence-electron chi connectivity index (χ2n) is 2.48. The van der Waals surface area contributed by atoms with Crippen molar-refractivity contribution in [3.05, 3.63) is 60.6 Å². The molecule has 2 heteroatoms. The van der Waals surface area contributed by atoms with Crippen molar-refractivity contribution in [1.29, 1.82) is 0 Å². The first-order chi connectivity index (χ1) is 6.43. The summed E-state index contributed by atoms with van der Waals surface area (Å²) in [4.78, 5) is 0. The maximum atomic E-state index is 5.35. The number of hydrogen-bond acceptors (Lipinski definition) is 2. The number of hydrogen-bond donors (Lipinski definition) is 1. The van der Waals surface area contributed by atoms with Crippen LogP contribution in [0.2, 0.25) is 0 Å². The van der Waals surface area contributed by atoms with Gasteiger partial charge in [-0.2, -0.15) is 0 Å². The van der Waals surface area contributed by atoms with E-state index in [4.69, 9.17) is 5.73 Å². The predicted molar refractivity (Wildman–Crippen MR) is 53.0 cm³/mol. The molecule has 68 valence electrons. The predicted octanol–water partition coefficient (Wildman–Crippen LogP) is 2.42. The Morgan fingerprint density at radius 3 is 1.85 bits per heavy atom. The number of benzene rings is 1. The molecule has 0 fully saturated rings. The summed E-state index contributed by atoms with van der Waals surface area (Å²) in [7, 11) is 0. The molecule has 2 N–H and O–H groups in total. The zero-order valence-electron chi connectivity index (χ0n) is 7.39. The van der Waals surface area contributed by atoms with Crippen molar-refractivity contribution in [2.24, 2.45) is 5.73 Å². The number of furan rings is 1. The van der Waals surface area contributed by atoms with E-state index in [1.807, 2.05) is 42.5 Å². The van der Waals surface area contributed by atoms with Gasteiger partial charge in [-0.25, -0.2) is 0 Å². The van der Waals surface area contributed by atoms with Gasteiger partial charge < -0.3 is 10.2 Å². The van der Waals surface area contributed by atoms with Gasteiger partial charge in [-0.15, -0.1) is 0 Å². The molecule has 0 atom stereocenters. The summed E-state index contributed by atoms with van der Waals surface area (Å²) in [6.07, 6.45) is 3.25. The molecule has 0 saturated carbocycles. The van der Waals surface area contributed by atoms with E-state index in [9.17, 15) is 0 Å². The summed E-state index contributed by atoms with van der Waals surface area (Å²) >= 11 is 0. The molecule has 1 heterocycles. The third-order valence-electron chi connectivity index (χ3n) is 1.50. The van der Waals surface area contributed by atoms with Crippen molar-refractivity contribution in [3.63, 3.8) is 0 Å². The molecule has 0 aliphatic heterocycles.